The first kappa shape index (κ1) is 9.71. The SMILES string of the molecule is Cc1ccc(CN=Cc2ccccc2)o1. The predicted molar refractivity (Wildman–Crippen MR) is 61.2 cm³/mol. The molecule has 0 aliphatic carbocycles. The van der Waals surface area contributed by atoms with E-state index in [1.54, 1.807) is 0 Å². The van der Waals surface area contributed by atoms with E-state index in [2.05, 4.69) is 4.99 Å². The van der Waals surface area contributed by atoms with E-state index in [0.717, 1.165) is 17.1 Å². The van der Waals surface area contributed by atoms with Crippen LogP contribution >= 0.6 is 0 Å². The molecule has 2 nitrogen and oxygen atoms in total. The van der Waals surface area contributed by atoms with Gasteiger partial charge in [0.15, 0.2) is 0 Å². The van der Waals surface area contributed by atoms with E-state index in [-0.39, 0.29) is 0 Å². The smallest absolute Gasteiger partial charge is 0.125 e. The number of rotatable bonds is 3. The number of aliphatic imine (C=N–C) groups is 1. The van der Waals surface area contributed by atoms with Gasteiger partial charge in [-0.05, 0) is 24.6 Å². The Bertz CT molecular complexity index is 443. The average molecular weight is 199 g/mol. The summed E-state index contributed by atoms with van der Waals surface area (Å²) in [6.45, 7) is 2.53. The van der Waals surface area contributed by atoms with Crippen molar-refractivity contribution in [1.29, 1.82) is 0 Å². The van der Waals surface area contributed by atoms with E-state index < -0.39 is 0 Å². The fraction of sp³-hybridized carbons (Fsp3) is 0.154. The van der Waals surface area contributed by atoms with Gasteiger partial charge in [0.25, 0.3) is 0 Å². The van der Waals surface area contributed by atoms with Crippen LogP contribution in [0.3, 0.4) is 0 Å². The molecule has 76 valence electrons. The second kappa shape index (κ2) is 4.60. The molecule has 0 aliphatic rings. The lowest BCUT2D eigenvalue weighted by Crippen LogP contribution is -1.81. The van der Waals surface area contributed by atoms with Gasteiger partial charge in [0.1, 0.15) is 11.5 Å². The Labute approximate surface area is 89.3 Å². The first-order chi connectivity index (χ1) is 7.34. The molecule has 1 aromatic carbocycles. The summed E-state index contributed by atoms with van der Waals surface area (Å²) in [6.07, 6.45) is 1.86. The third-order valence-electron chi connectivity index (χ3n) is 2.08. The molecule has 1 aromatic heterocycles. The van der Waals surface area contributed by atoms with Crippen LogP contribution in [0, 0.1) is 6.92 Å². The van der Waals surface area contributed by atoms with Crippen molar-refractivity contribution in [3.63, 3.8) is 0 Å². The molecule has 0 saturated heterocycles. The van der Waals surface area contributed by atoms with Gasteiger partial charge in [-0.1, -0.05) is 30.3 Å². The first-order valence-corrected chi connectivity index (χ1v) is 4.95. The molecule has 15 heavy (non-hydrogen) atoms. The Morgan fingerprint density at radius 3 is 2.60 bits per heavy atom. The number of hydrogen-bond donors (Lipinski definition) is 0. The van der Waals surface area contributed by atoms with Crippen molar-refractivity contribution in [2.45, 2.75) is 13.5 Å². The van der Waals surface area contributed by atoms with Crippen LogP contribution in [0.5, 0.6) is 0 Å². The van der Waals surface area contributed by atoms with Gasteiger partial charge in [-0.3, -0.25) is 4.99 Å². The molecule has 2 rings (SSSR count). The highest BCUT2D eigenvalue weighted by molar-refractivity contribution is 5.79. The molecule has 0 saturated carbocycles. The Balaban J connectivity index is 1.96. The van der Waals surface area contributed by atoms with Crippen molar-refractivity contribution >= 4 is 6.21 Å². The molecule has 0 N–H and O–H groups in total. The minimum Gasteiger partial charge on any atom is -0.464 e. The van der Waals surface area contributed by atoms with Gasteiger partial charge in [0.2, 0.25) is 0 Å². The molecule has 0 aliphatic heterocycles. The highest BCUT2D eigenvalue weighted by Crippen LogP contribution is 2.07. The molecule has 0 radical (unpaired) electrons. The molecule has 0 unspecified atom stereocenters. The highest BCUT2D eigenvalue weighted by atomic mass is 16.3. The second-order valence-corrected chi connectivity index (χ2v) is 3.39. The molecule has 1 heterocycles. The quantitative estimate of drug-likeness (QED) is 0.697. The monoisotopic (exact) mass is 199 g/mol. The van der Waals surface area contributed by atoms with Crippen LogP contribution in [0.2, 0.25) is 0 Å². The lowest BCUT2D eigenvalue weighted by molar-refractivity contribution is 0.486. The van der Waals surface area contributed by atoms with Crippen molar-refractivity contribution in [3.05, 3.63) is 59.5 Å². The molecule has 0 spiro atoms. The van der Waals surface area contributed by atoms with Crippen LogP contribution in [-0.4, -0.2) is 6.21 Å². The Morgan fingerprint density at radius 2 is 1.93 bits per heavy atom. The molecule has 2 heteroatoms. The molecule has 0 atom stereocenters. The van der Waals surface area contributed by atoms with Gasteiger partial charge in [-0.25, -0.2) is 0 Å². The number of nitrogens with zero attached hydrogens (tertiary/aromatic N) is 1. The minimum absolute atomic E-state index is 0.600. The third kappa shape index (κ3) is 2.81. The Morgan fingerprint density at radius 1 is 1.13 bits per heavy atom. The van der Waals surface area contributed by atoms with Crippen LogP contribution in [0.15, 0.2) is 51.9 Å². The lowest BCUT2D eigenvalue weighted by Gasteiger charge is -1.91. The van der Waals surface area contributed by atoms with E-state index in [9.17, 15) is 0 Å². The van der Waals surface area contributed by atoms with Gasteiger partial charge in [-0.2, -0.15) is 0 Å². The fourth-order valence-corrected chi connectivity index (χ4v) is 1.35. The summed E-state index contributed by atoms with van der Waals surface area (Å²) in [4.78, 5) is 4.31. The topological polar surface area (TPSA) is 25.5 Å². The van der Waals surface area contributed by atoms with Crippen LogP contribution in [0.4, 0.5) is 0 Å². The number of benzene rings is 1. The maximum Gasteiger partial charge on any atom is 0.125 e. The van der Waals surface area contributed by atoms with Crippen LogP contribution < -0.4 is 0 Å². The Kier molecular flexibility index (Phi) is 2.98. The fourth-order valence-electron chi connectivity index (χ4n) is 1.35. The van der Waals surface area contributed by atoms with E-state index in [4.69, 9.17) is 4.42 Å². The molecule has 2 aromatic rings. The summed E-state index contributed by atoms with van der Waals surface area (Å²) in [5.74, 6) is 1.83. The summed E-state index contributed by atoms with van der Waals surface area (Å²) in [5.41, 5.74) is 1.11. The highest BCUT2D eigenvalue weighted by Gasteiger charge is 1.94. The maximum absolute atomic E-state index is 5.41. The first-order valence-electron chi connectivity index (χ1n) is 4.95. The summed E-state index contributed by atoms with van der Waals surface area (Å²) < 4.78 is 5.41. The number of hydrogen-bond acceptors (Lipinski definition) is 2. The normalized spacial score (nSPS) is 11.0. The average Bonchev–Trinajstić information content (AvgIpc) is 2.66. The van der Waals surface area contributed by atoms with Crippen molar-refractivity contribution in [2.24, 2.45) is 4.99 Å². The molecular formula is C13H13NO. The van der Waals surface area contributed by atoms with E-state index in [1.165, 1.54) is 0 Å². The molecule has 0 fully saturated rings. The van der Waals surface area contributed by atoms with Crippen LogP contribution in [0.1, 0.15) is 17.1 Å². The van der Waals surface area contributed by atoms with Gasteiger partial charge < -0.3 is 4.42 Å². The van der Waals surface area contributed by atoms with Gasteiger partial charge >= 0.3 is 0 Å². The summed E-state index contributed by atoms with van der Waals surface area (Å²) in [6, 6.07) is 13.9. The third-order valence-corrected chi connectivity index (χ3v) is 2.08. The second-order valence-electron chi connectivity index (χ2n) is 3.39. The minimum atomic E-state index is 0.600. The summed E-state index contributed by atoms with van der Waals surface area (Å²) >= 11 is 0. The molecule has 0 amide bonds. The van der Waals surface area contributed by atoms with Crippen LogP contribution in [0.25, 0.3) is 0 Å². The zero-order valence-electron chi connectivity index (χ0n) is 8.68. The standard InChI is InChI=1S/C13H13NO/c1-11-7-8-13(15-11)10-14-9-12-5-3-2-4-6-12/h2-9H,10H2,1H3. The van der Waals surface area contributed by atoms with Gasteiger partial charge in [0.05, 0.1) is 6.54 Å². The maximum atomic E-state index is 5.41. The zero-order valence-corrected chi connectivity index (χ0v) is 8.68. The zero-order chi connectivity index (χ0) is 10.5. The van der Waals surface area contributed by atoms with Crippen molar-refractivity contribution in [1.82, 2.24) is 0 Å². The van der Waals surface area contributed by atoms with Crippen molar-refractivity contribution in [2.75, 3.05) is 0 Å². The van der Waals surface area contributed by atoms with Crippen molar-refractivity contribution in [3.8, 4) is 0 Å². The van der Waals surface area contributed by atoms with E-state index in [0.29, 0.717) is 6.54 Å². The molecular weight excluding hydrogens is 186 g/mol. The summed E-state index contributed by atoms with van der Waals surface area (Å²) in [5, 5.41) is 0. The number of furan rings is 1. The van der Waals surface area contributed by atoms with E-state index in [1.807, 2.05) is 55.6 Å². The largest absolute Gasteiger partial charge is 0.464 e. The number of aryl methyl sites for hydroxylation is 1. The summed E-state index contributed by atoms with van der Waals surface area (Å²) in [7, 11) is 0. The lowest BCUT2D eigenvalue weighted by atomic mass is 10.2. The Hall–Kier alpha value is -1.83. The van der Waals surface area contributed by atoms with Crippen LogP contribution in [-0.2, 0) is 6.54 Å². The van der Waals surface area contributed by atoms with E-state index >= 15 is 0 Å². The van der Waals surface area contributed by atoms with Gasteiger partial charge in [0, 0.05) is 6.21 Å². The van der Waals surface area contributed by atoms with Crippen molar-refractivity contribution < 1.29 is 4.42 Å². The predicted octanol–water partition coefficient (Wildman–Crippen LogP) is 3.21. The van der Waals surface area contributed by atoms with Gasteiger partial charge in [-0.15, -0.1) is 0 Å². The molecule has 0 bridgehead atoms.